The minimum absolute atomic E-state index is 0.0186. The highest BCUT2D eigenvalue weighted by molar-refractivity contribution is 5.98. The van der Waals surface area contributed by atoms with Gasteiger partial charge in [0.25, 0.3) is 5.91 Å². The van der Waals surface area contributed by atoms with Crippen molar-refractivity contribution < 1.29 is 23.2 Å². The fraction of sp³-hybridized carbons (Fsp3) is 0.478. The smallest absolute Gasteiger partial charge is 0.287 e. The summed E-state index contributed by atoms with van der Waals surface area (Å²) in [4.78, 5) is 37.7. The zero-order valence-electron chi connectivity index (χ0n) is 17.5. The van der Waals surface area contributed by atoms with Crippen LogP contribution in [0.4, 0.5) is 4.39 Å². The van der Waals surface area contributed by atoms with Crippen LogP contribution in [0.5, 0.6) is 0 Å². The summed E-state index contributed by atoms with van der Waals surface area (Å²) in [6.45, 7) is 0.628. The zero-order chi connectivity index (χ0) is 22.7. The standard InChI is InChI=1S/C23H25FN4O4/c24-16-5-6-19-15(9-16)11-20(32-19)23(31)28-18(8-13-3-4-13)22(30)27-17(12-25)10-14-2-1-7-26-21(14)29/h5-6,9,11,13-14,17-18H,1-4,7-8,10H2,(H,26,29)(H,27,30)(H,28,31)/t14-,17-,18-/m0/s1. The number of halogens is 1. The van der Waals surface area contributed by atoms with E-state index in [9.17, 15) is 24.0 Å². The Bertz CT molecular complexity index is 1070. The van der Waals surface area contributed by atoms with Gasteiger partial charge in [0, 0.05) is 17.8 Å². The third-order valence-corrected chi connectivity index (χ3v) is 5.98. The number of nitrogens with one attached hydrogen (secondary N) is 3. The number of carbonyl (C=O) groups excluding carboxylic acids is 3. The largest absolute Gasteiger partial charge is 0.451 e. The van der Waals surface area contributed by atoms with Crippen molar-refractivity contribution in [2.24, 2.45) is 11.8 Å². The number of benzene rings is 1. The molecule has 1 saturated heterocycles. The van der Waals surface area contributed by atoms with E-state index in [4.69, 9.17) is 4.42 Å². The number of piperidine rings is 1. The van der Waals surface area contributed by atoms with E-state index in [1.54, 1.807) is 0 Å². The van der Waals surface area contributed by atoms with Gasteiger partial charge in [-0.15, -0.1) is 0 Å². The average molecular weight is 440 g/mol. The van der Waals surface area contributed by atoms with Gasteiger partial charge in [0.05, 0.1) is 6.07 Å². The summed E-state index contributed by atoms with van der Waals surface area (Å²) in [5.74, 6) is -1.59. The van der Waals surface area contributed by atoms with Crippen molar-refractivity contribution in [2.75, 3.05) is 6.54 Å². The topological polar surface area (TPSA) is 124 Å². The van der Waals surface area contributed by atoms with Crippen molar-refractivity contribution in [1.29, 1.82) is 5.26 Å². The molecule has 1 aromatic carbocycles. The molecule has 3 atom stereocenters. The Morgan fingerprint density at radius 3 is 2.75 bits per heavy atom. The first-order valence-corrected chi connectivity index (χ1v) is 10.9. The molecule has 0 radical (unpaired) electrons. The third-order valence-electron chi connectivity index (χ3n) is 5.98. The van der Waals surface area contributed by atoms with Crippen molar-refractivity contribution >= 4 is 28.7 Å². The predicted octanol–water partition coefficient (Wildman–Crippen LogP) is 2.40. The average Bonchev–Trinajstić information content (AvgIpc) is 3.49. The summed E-state index contributed by atoms with van der Waals surface area (Å²) in [7, 11) is 0. The molecule has 1 aliphatic heterocycles. The van der Waals surface area contributed by atoms with E-state index in [1.165, 1.54) is 24.3 Å². The maximum absolute atomic E-state index is 13.4. The molecular formula is C23H25FN4O4. The Hall–Kier alpha value is -3.41. The van der Waals surface area contributed by atoms with Gasteiger partial charge in [-0.2, -0.15) is 5.26 Å². The molecule has 168 valence electrons. The van der Waals surface area contributed by atoms with Gasteiger partial charge < -0.3 is 20.4 Å². The van der Waals surface area contributed by atoms with Gasteiger partial charge in [-0.05, 0) is 55.9 Å². The SMILES string of the molecule is N#C[C@H](C[C@@H]1CCCNC1=O)NC(=O)[C@H](CC1CC1)NC(=O)c1cc2cc(F)ccc2o1. The highest BCUT2D eigenvalue weighted by atomic mass is 19.1. The summed E-state index contributed by atoms with van der Waals surface area (Å²) < 4.78 is 18.9. The van der Waals surface area contributed by atoms with E-state index >= 15 is 0 Å². The van der Waals surface area contributed by atoms with Crippen LogP contribution in [-0.4, -0.2) is 36.3 Å². The summed E-state index contributed by atoms with van der Waals surface area (Å²) in [5, 5.41) is 18.1. The molecule has 2 aliphatic rings. The number of furan rings is 1. The number of hydrogen-bond donors (Lipinski definition) is 3. The highest BCUT2D eigenvalue weighted by Crippen LogP contribution is 2.33. The maximum Gasteiger partial charge on any atom is 0.287 e. The first-order valence-electron chi connectivity index (χ1n) is 10.9. The Kier molecular flexibility index (Phi) is 6.40. The monoisotopic (exact) mass is 440 g/mol. The molecule has 2 fully saturated rings. The van der Waals surface area contributed by atoms with Crippen LogP contribution in [0.2, 0.25) is 0 Å². The molecule has 2 aromatic rings. The molecule has 1 aliphatic carbocycles. The zero-order valence-corrected chi connectivity index (χ0v) is 17.5. The number of nitriles is 1. The Balaban J connectivity index is 1.42. The highest BCUT2D eigenvalue weighted by Gasteiger charge is 2.33. The molecule has 32 heavy (non-hydrogen) atoms. The van der Waals surface area contributed by atoms with E-state index in [0.29, 0.717) is 36.3 Å². The van der Waals surface area contributed by atoms with Gasteiger partial charge in [-0.1, -0.05) is 12.8 Å². The molecule has 0 bridgehead atoms. The van der Waals surface area contributed by atoms with Crippen molar-refractivity contribution in [1.82, 2.24) is 16.0 Å². The molecule has 1 aromatic heterocycles. The molecule has 1 saturated carbocycles. The summed E-state index contributed by atoms with van der Waals surface area (Å²) >= 11 is 0. The number of amides is 3. The summed E-state index contributed by atoms with van der Waals surface area (Å²) in [6.07, 6.45) is 4.15. The number of rotatable bonds is 8. The molecule has 9 heteroatoms. The predicted molar refractivity (Wildman–Crippen MR) is 113 cm³/mol. The van der Waals surface area contributed by atoms with Gasteiger partial charge >= 0.3 is 0 Å². The Morgan fingerprint density at radius 1 is 1.22 bits per heavy atom. The third kappa shape index (κ3) is 5.25. The molecule has 2 heterocycles. The molecule has 3 N–H and O–H groups in total. The van der Waals surface area contributed by atoms with Crippen molar-refractivity contribution in [2.45, 2.75) is 50.6 Å². The fourth-order valence-corrected chi connectivity index (χ4v) is 4.03. The lowest BCUT2D eigenvalue weighted by Gasteiger charge is -2.25. The van der Waals surface area contributed by atoms with E-state index in [2.05, 4.69) is 22.0 Å². The second kappa shape index (κ2) is 9.39. The van der Waals surface area contributed by atoms with Crippen molar-refractivity contribution in [3.05, 3.63) is 35.8 Å². The van der Waals surface area contributed by atoms with Gasteiger partial charge in [0.2, 0.25) is 11.8 Å². The van der Waals surface area contributed by atoms with E-state index in [0.717, 1.165) is 19.3 Å². The van der Waals surface area contributed by atoms with Crippen LogP contribution in [0, 0.1) is 29.0 Å². The first kappa shape index (κ1) is 21.8. The first-order chi connectivity index (χ1) is 15.4. The number of fused-ring (bicyclic) bond motifs is 1. The lowest BCUT2D eigenvalue weighted by Crippen LogP contribution is -2.50. The van der Waals surface area contributed by atoms with Crippen LogP contribution in [0.15, 0.2) is 28.7 Å². The van der Waals surface area contributed by atoms with Gasteiger partial charge in [0.1, 0.15) is 23.5 Å². The maximum atomic E-state index is 13.4. The molecule has 3 amide bonds. The number of carbonyl (C=O) groups is 3. The molecule has 0 spiro atoms. The Labute approximate surface area is 184 Å². The second-order valence-electron chi connectivity index (χ2n) is 8.55. The quantitative estimate of drug-likeness (QED) is 0.581. The lowest BCUT2D eigenvalue weighted by atomic mass is 9.92. The van der Waals surface area contributed by atoms with Gasteiger partial charge in [-0.25, -0.2) is 4.39 Å². The lowest BCUT2D eigenvalue weighted by molar-refractivity contribution is -0.128. The minimum Gasteiger partial charge on any atom is -0.451 e. The van der Waals surface area contributed by atoms with Crippen LogP contribution in [0.1, 0.15) is 49.1 Å². The fourth-order valence-electron chi connectivity index (χ4n) is 4.03. The number of nitrogens with zero attached hydrogens (tertiary/aromatic N) is 1. The second-order valence-corrected chi connectivity index (χ2v) is 8.55. The molecule has 8 nitrogen and oxygen atoms in total. The van der Waals surface area contributed by atoms with Crippen LogP contribution in [0.25, 0.3) is 11.0 Å². The van der Waals surface area contributed by atoms with Gasteiger partial charge in [0.15, 0.2) is 5.76 Å². The Morgan fingerprint density at radius 2 is 2.03 bits per heavy atom. The van der Waals surface area contributed by atoms with Crippen molar-refractivity contribution in [3.63, 3.8) is 0 Å². The van der Waals surface area contributed by atoms with Crippen molar-refractivity contribution in [3.8, 4) is 6.07 Å². The van der Waals surface area contributed by atoms with E-state index < -0.39 is 29.7 Å². The minimum atomic E-state index is -0.837. The number of hydrogen-bond acceptors (Lipinski definition) is 5. The summed E-state index contributed by atoms with van der Waals surface area (Å²) in [5.41, 5.74) is 0.370. The molecular weight excluding hydrogens is 415 g/mol. The van der Waals surface area contributed by atoms with Crippen LogP contribution < -0.4 is 16.0 Å². The molecule has 4 rings (SSSR count). The van der Waals surface area contributed by atoms with Crippen LogP contribution in [0.3, 0.4) is 0 Å². The normalized spacial score (nSPS) is 20.1. The van der Waals surface area contributed by atoms with Crippen LogP contribution >= 0.6 is 0 Å². The van der Waals surface area contributed by atoms with Crippen LogP contribution in [-0.2, 0) is 9.59 Å². The molecule has 0 unspecified atom stereocenters. The summed E-state index contributed by atoms with van der Waals surface area (Å²) in [6, 6.07) is 5.77. The van der Waals surface area contributed by atoms with E-state index in [1.807, 2.05) is 0 Å². The van der Waals surface area contributed by atoms with E-state index in [-0.39, 0.29) is 24.0 Å². The van der Waals surface area contributed by atoms with Gasteiger partial charge in [-0.3, -0.25) is 14.4 Å².